The number of carbonyl (C=O) groups excluding carboxylic acids is 2. The lowest BCUT2D eigenvalue weighted by Crippen LogP contribution is -2.22. The summed E-state index contributed by atoms with van der Waals surface area (Å²) >= 11 is 0. The van der Waals surface area contributed by atoms with Crippen molar-refractivity contribution >= 4 is 18.0 Å². The molecule has 3 rings (SSSR count). The van der Waals surface area contributed by atoms with Crippen LogP contribution in [0, 0.1) is 6.92 Å². The molecule has 0 spiro atoms. The highest BCUT2D eigenvalue weighted by molar-refractivity contribution is 5.97. The van der Waals surface area contributed by atoms with E-state index >= 15 is 0 Å². The van der Waals surface area contributed by atoms with Crippen LogP contribution in [0.5, 0.6) is 11.5 Å². The Kier molecular flexibility index (Phi) is 4.57. The zero-order valence-electron chi connectivity index (χ0n) is 14.4. The van der Waals surface area contributed by atoms with E-state index in [1.807, 2.05) is 31.2 Å². The lowest BCUT2D eigenvalue weighted by Gasteiger charge is -2.17. The number of para-hydroxylation sites is 1. The minimum absolute atomic E-state index is 0.147. The molecule has 1 heterocycles. The van der Waals surface area contributed by atoms with Crippen molar-refractivity contribution in [3.05, 3.63) is 64.7 Å². The molecule has 0 N–H and O–H groups in total. The fourth-order valence-corrected chi connectivity index (χ4v) is 2.50. The molecule has 1 aliphatic rings. The fraction of sp³-hybridized carbons (Fsp3) is 0.200. The molecule has 25 heavy (non-hydrogen) atoms. The molecule has 2 aromatic carbocycles. The highest BCUT2D eigenvalue weighted by Crippen LogP contribution is 2.27. The number of rotatable bonds is 3. The van der Waals surface area contributed by atoms with Crippen molar-refractivity contribution in [2.24, 2.45) is 0 Å². The number of esters is 1. The van der Waals surface area contributed by atoms with Crippen molar-refractivity contribution in [2.45, 2.75) is 6.92 Å². The number of amides is 1. The van der Waals surface area contributed by atoms with Crippen molar-refractivity contribution in [3.8, 4) is 11.5 Å². The second-order valence-corrected chi connectivity index (χ2v) is 6.07. The molecule has 0 aliphatic carbocycles. The van der Waals surface area contributed by atoms with Gasteiger partial charge >= 0.3 is 5.97 Å². The van der Waals surface area contributed by atoms with Gasteiger partial charge in [0, 0.05) is 25.2 Å². The quantitative estimate of drug-likeness (QED) is 0.638. The Hall–Kier alpha value is -3.08. The predicted molar refractivity (Wildman–Crippen MR) is 94.7 cm³/mol. The van der Waals surface area contributed by atoms with Crippen LogP contribution in [0.1, 0.15) is 21.5 Å². The number of benzene rings is 2. The molecule has 0 unspecified atom stereocenters. The second-order valence-electron chi connectivity index (χ2n) is 6.07. The zero-order valence-corrected chi connectivity index (χ0v) is 14.4. The van der Waals surface area contributed by atoms with Crippen LogP contribution in [0.4, 0.5) is 0 Å². The van der Waals surface area contributed by atoms with Gasteiger partial charge in [0.15, 0.2) is 0 Å². The van der Waals surface area contributed by atoms with Gasteiger partial charge in [-0.25, -0.2) is 4.79 Å². The molecule has 0 atom stereocenters. The first-order valence-corrected chi connectivity index (χ1v) is 7.92. The second kappa shape index (κ2) is 6.81. The van der Waals surface area contributed by atoms with E-state index in [-0.39, 0.29) is 12.5 Å². The standard InChI is InChI=1S/C20H19NO4/c1-13-8-9-15(19(22)21(2)3)11-18(13)25-20(23)16-10-14-6-4-5-7-17(14)24-12-16/h4-11H,12H2,1-3H3. The average molecular weight is 337 g/mol. The molecule has 5 nitrogen and oxygen atoms in total. The van der Waals surface area contributed by atoms with Gasteiger partial charge in [0.25, 0.3) is 5.91 Å². The van der Waals surface area contributed by atoms with Gasteiger partial charge in [0.1, 0.15) is 18.1 Å². The molecule has 0 saturated carbocycles. The summed E-state index contributed by atoms with van der Waals surface area (Å²) in [5.74, 6) is 0.491. The topological polar surface area (TPSA) is 55.8 Å². The van der Waals surface area contributed by atoms with E-state index in [1.54, 1.807) is 38.4 Å². The van der Waals surface area contributed by atoms with Gasteiger partial charge in [0.05, 0.1) is 5.57 Å². The summed E-state index contributed by atoms with van der Waals surface area (Å²) in [6.45, 7) is 1.98. The minimum atomic E-state index is -0.480. The van der Waals surface area contributed by atoms with Crippen molar-refractivity contribution < 1.29 is 19.1 Å². The molecule has 1 aliphatic heterocycles. The number of hydrogen-bond donors (Lipinski definition) is 0. The van der Waals surface area contributed by atoms with Crippen LogP contribution in [-0.4, -0.2) is 37.5 Å². The molecule has 5 heteroatoms. The average Bonchev–Trinajstić information content (AvgIpc) is 2.62. The van der Waals surface area contributed by atoms with Crippen LogP contribution in [0.15, 0.2) is 48.0 Å². The van der Waals surface area contributed by atoms with Gasteiger partial charge in [-0.1, -0.05) is 24.3 Å². The molecule has 2 aromatic rings. The highest BCUT2D eigenvalue weighted by Gasteiger charge is 2.20. The summed E-state index contributed by atoms with van der Waals surface area (Å²) in [5.41, 5.74) is 2.52. The Balaban J connectivity index is 1.83. The van der Waals surface area contributed by atoms with Gasteiger partial charge in [-0.05, 0) is 36.8 Å². The van der Waals surface area contributed by atoms with Crippen molar-refractivity contribution in [1.82, 2.24) is 4.90 Å². The fourth-order valence-electron chi connectivity index (χ4n) is 2.50. The van der Waals surface area contributed by atoms with Gasteiger partial charge in [-0.3, -0.25) is 4.79 Å². The Bertz CT molecular complexity index is 868. The van der Waals surface area contributed by atoms with Crippen molar-refractivity contribution in [1.29, 1.82) is 0 Å². The van der Waals surface area contributed by atoms with E-state index in [9.17, 15) is 9.59 Å². The van der Waals surface area contributed by atoms with Gasteiger partial charge < -0.3 is 14.4 Å². The zero-order chi connectivity index (χ0) is 18.0. The SMILES string of the molecule is Cc1ccc(C(=O)N(C)C)cc1OC(=O)C1=Cc2ccccc2OC1. The summed E-state index contributed by atoms with van der Waals surface area (Å²) < 4.78 is 11.1. The molecule has 0 bridgehead atoms. The third kappa shape index (κ3) is 3.55. The first-order valence-electron chi connectivity index (χ1n) is 7.92. The molecule has 1 amide bonds. The normalized spacial score (nSPS) is 12.5. The Morgan fingerprint density at radius 3 is 2.64 bits per heavy atom. The molecular weight excluding hydrogens is 318 g/mol. The third-order valence-electron chi connectivity index (χ3n) is 3.94. The van der Waals surface area contributed by atoms with Crippen LogP contribution >= 0.6 is 0 Å². The molecule has 0 fully saturated rings. The van der Waals surface area contributed by atoms with E-state index in [0.29, 0.717) is 16.9 Å². The van der Waals surface area contributed by atoms with E-state index in [1.165, 1.54) is 4.90 Å². The van der Waals surface area contributed by atoms with E-state index in [4.69, 9.17) is 9.47 Å². The van der Waals surface area contributed by atoms with Crippen LogP contribution in [0.3, 0.4) is 0 Å². The van der Waals surface area contributed by atoms with E-state index in [0.717, 1.165) is 16.9 Å². The van der Waals surface area contributed by atoms with E-state index < -0.39 is 5.97 Å². The first kappa shape index (κ1) is 16.8. The van der Waals surface area contributed by atoms with Gasteiger partial charge in [0.2, 0.25) is 0 Å². The van der Waals surface area contributed by atoms with Crippen molar-refractivity contribution in [3.63, 3.8) is 0 Å². The first-order chi connectivity index (χ1) is 12.0. The summed E-state index contributed by atoms with van der Waals surface area (Å²) in [6, 6.07) is 12.6. The van der Waals surface area contributed by atoms with Crippen LogP contribution in [0.2, 0.25) is 0 Å². The highest BCUT2D eigenvalue weighted by atomic mass is 16.5. The maximum atomic E-state index is 12.5. The van der Waals surface area contributed by atoms with Crippen LogP contribution in [-0.2, 0) is 4.79 Å². The summed E-state index contributed by atoms with van der Waals surface area (Å²) in [6.07, 6.45) is 1.77. The monoisotopic (exact) mass is 337 g/mol. The summed E-state index contributed by atoms with van der Waals surface area (Å²) in [4.78, 5) is 26.0. The lowest BCUT2D eigenvalue weighted by molar-refractivity contribution is -0.130. The Morgan fingerprint density at radius 2 is 1.88 bits per heavy atom. The molecule has 0 saturated heterocycles. The number of carbonyl (C=O) groups is 2. The van der Waals surface area contributed by atoms with Crippen LogP contribution < -0.4 is 9.47 Å². The number of fused-ring (bicyclic) bond motifs is 1. The summed E-state index contributed by atoms with van der Waals surface area (Å²) in [5, 5.41) is 0. The predicted octanol–water partition coefficient (Wildman–Crippen LogP) is 3.08. The van der Waals surface area contributed by atoms with Crippen LogP contribution in [0.25, 0.3) is 6.08 Å². The Labute approximate surface area is 146 Å². The smallest absolute Gasteiger partial charge is 0.342 e. The molecule has 128 valence electrons. The molecule has 0 aromatic heterocycles. The largest absolute Gasteiger partial charge is 0.488 e. The number of hydrogen-bond acceptors (Lipinski definition) is 4. The maximum Gasteiger partial charge on any atom is 0.342 e. The maximum absolute atomic E-state index is 12.5. The summed E-state index contributed by atoms with van der Waals surface area (Å²) in [7, 11) is 3.35. The van der Waals surface area contributed by atoms with Crippen molar-refractivity contribution in [2.75, 3.05) is 20.7 Å². The van der Waals surface area contributed by atoms with E-state index in [2.05, 4.69) is 0 Å². The number of nitrogens with zero attached hydrogens (tertiary/aromatic N) is 1. The molecular formula is C20H19NO4. The Morgan fingerprint density at radius 1 is 1.12 bits per heavy atom. The third-order valence-corrected chi connectivity index (χ3v) is 3.94. The number of ether oxygens (including phenoxy) is 2. The lowest BCUT2D eigenvalue weighted by atomic mass is 10.1. The van der Waals surface area contributed by atoms with Gasteiger partial charge in [-0.15, -0.1) is 0 Å². The van der Waals surface area contributed by atoms with Gasteiger partial charge in [-0.2, -0.15) is 0 Å². The minimum Gasteiger partial charge on any atom is -0.488 e. The molecule has 0 radical (unpaired) electrons. The number of aryl methyl sites for hydroxylation is 1.